The summed E-state index contributed by atoms with van der Waals surface area (Å²) >= 11 is 0. The summed E-state index contributed by atoms with van der Waals surface area (Å²) in [7, 11) is 0. The lowest BCUT2D eigenvalue weighted by Crippen LogP contribution is -1.71. The zero-order chi connectivity index (χ0) is 8.65. The molecule has 0 amide bonds. The van der Waals surface area contributed by atoms with Gasteiger partial charge in [0.2, 0.25) is 0 Å². The van der Waals surface area contributed by atoms with Gasteiger partial charge in [0.1, 0.15) is 0 Å². The maximum Gasteiger partial charge on any atom is 0.0948 e. The fraction of sp³-hybridized carbons (Fsp3) is 0.300. The quantitative estimate of drug-likeness (QED) is 0.607. The molecular formula is C10H12N2. The molecule has 0 aliphatic heterocycles. The molecule has 12 heavy (non-hydrogen) atoms. The lowest BCUT2D eigenvalue weighted by atomic mass is 10.3. The third-order valence-electron chi connectivity index (χ3n) is 1.34. The first-order valence-electron chi connectivity index (χ1n) is 4.10. The summed E-state index contributed by atoms with van der Waals surface area (Å²) in [5.41, 5.74) is 0.900. The maximum absolute atomic E-state index is 4.03. The summed E-state index contributed by atoms with van der Waals surface area (Å²) in [4.78, 5) is 8.00. The van der Waals surface area contributed by atoms with Crippen molar-refractivity contribution in [1.82, 2.24) is 0 Å². The van der Waals surface area contributed by atoms with Crippen LogP contribution < -0.4 is 0 Å². The van der Waals surface area contributed by atoms with Crippen LogP contribution in [0.2, 0.25) is 0 Å². The van der Waals surface area contributed by atoms with Crippen LogP contribution in [0.1, 0.15) is 13.3 Å². The number of aliphatic imine (C=N–C) groups is 2. The Kier molecular flexibility index (Phi) is 3.82. The largest absolute Gasteiger partial charge is 0.225 e. The van der Waals surface area contributed by atoms with Gasteiger partial charge in [0.15, 0.2) is 0 Å². The summed E-state index contributed by atoms with van der Waals surface area (Å²) < 4.78 is 0. The highest BCUT2D eigenvalue weighted by Crippen LogP contribution is 2.07. The van der Waals surface area contributed by atoms with Gasteiger partial charge in [0.05, 0.1) is 11.7 Å². The SMILES string of the molecule is CCCN=C=Nc1ccccc1. The molecule has 0 fully saturated rings. The smallest absolute Gasteiger partial charge is 0.0948 e. The first kappa shape index (κ1) is 8.69. The van der Waals surface area contributed by atoms with Crippen LogP contribution >= 0.6 is 0 Å². The van der Waals surface area contributed by atoms with E-state index < -0.39 is 0 Å². The summed E-state index contributed by atoms with van der Waals surface area (Å²) in [6, 6.07) is 12.4. The number of rotatable bonds is 3. The molecule has 1 aromatic carbocycles. The van der Waals surface area contributed by atoms with Crippen LogP contribution in [-0.2, 0) is 0 Å². The van der Waals surface area contributed by atoms with Gasteiger partial charge in [-0.3, -0.25) is 0 Å². The van der Waals surface area contributed by atoms with Crippen molar-refractivity contribution in [2.24, 2.45) is 9.98 Å². The van der Waals surface area contributed by atoms with Gasteiger partial charge in [-0.2, -0.15) is 4.99 Å². The Bertz CT molecular complexity index is 271. The highest BCUT2D eigenvalue weighted by molar-refractivity contribution is 5.51. The van der Waals surface area contributed by atoms with Gasteiger partial charge in [-0.1, -0.05) is 25.1 Å². The molecule has 1 rings (SSSR count). The highest BCUT2D eigenvalue weighted by Gasteiger charge is 1.80. The number of hydrogen-bond donors (Lipinski definition) is 0. The molecular weight excluding hydrogens is 148 g/mol. The molecule has 0 unspecified atom stereocenters. The Morgan fingerprint density at radius 1 is 1.25 bits per heavy atom. The van der Waals surface area contributed by atoms with E-state index in [1.165, 1.54) is 0 Å². The molecule has 0 saturated heterocycles. The van der Waals surface area contributed by atoms with E-state index in [1.54, 1.807) is 0 Å². The molecule has 0 radical (unpaired) electrons. The summed E-state index contributed by atoms with van der Waals surface area (Å²) in [5, 5.41) is 0. The zero-order valence-corrected chi connectivity index (χ0v) is 7.20. The van der Waals surface area contributed by atoms with E-state index in [9.17, 15) is 0 Å². The first-order valence-corrected chi connectivity index (χ1v) is 4.10. The molecule has 62 valence electrons. The van der Waals surface area contributed by atoms with Crippen LogP contribution in [0.25, 0.3) is 0 Å². The van der Waals surface area contributed by atoms with Crippen molar-refractivity contribution in [1.29, 1.82) is 0 Å². The molecule has 0 atom stereocenters. The van der Waals surface area contributed by atoms with E-state index in [4.69, 9.17) is 0 Å². The van der Waals surface area contributed by atoms with Crippen molar-refractivity contribution in [2.75, 3.05) is 6.54 Å². The standard InChI is InChI=1S/C10H12N2/c1-2-8-11-9-12-10-6-4-3-5-7-10/h3-7H,2,8H2,1H3. The van der Waals surface area contributed by atoms with Gasteiger partial charge in [0.25, 0.3) is 0 Å². The number of benzene rings is 1. The Hall–Kier alpha value is -1.40. The van der Waals surface area contributed by atoms with Gasteiger partial charge in [-0.15, -0.1) is 0 Å². The van der Waals surface area contributed by atoms with Crippen molar-refractivity contribution in [3.05, 3.63) is 30.3 Å². The van der Waals surface area contributed by atoms with E-state index in [-0.39, 0.29) is 0 Å². The average Bonchev–Trinajstić information content (AvgIpc) is 2.14. The zero-order valence-electron chi connectivity index (χ0n) is 7.20. The van der Waals surface area contributed by atoms with Crippen LogP contribution in [-0.4, -0.2) is 12.6 Å². The third-order valence-corrected chi connectivity index (χ3v) is 1.34. The van der Waals surface area contributed by atoms with E-state index in [1.807, 2.05) is 30.3 Å². The predicted octanol–water partition coefficient (Wildman–Crippen LogP) is 2.90. The lowest BCUT2D eigenvalue weighted by Gasteiger charge is -1.85. The van der Waals surface area contributed by atoms with E-state index in [0.29, 0.717) is 0 Å². The van der Waals surface area contributed by atoms with E-state index >= 15 is 0 Å². The first-order chi connectivity index (χ1) is 5.93. The van der Waals surface area contributed by atoms with Gasteiger partial charge in [-0.05, 0) is 18.6 Å². The average molecular weight is 160 g/mol. The summed E-state index contributed by atoms with van der Waals surface area (Å²) in [6.07, 6.45) is 1.04. The second kappa shape index (κ2) is 5.28. The van der Waals surface area contributed by atoms with E-state index in [2.05, 4.69) is 22.9 Å². The van der Waals surface area contributed by atoms with Gasteiger partial charge >= 0.3 is 0 Å². The highest BCUT2D eigenvalue weighted by atomic mass is 14.8. The minimum Gasteiger partial charge on any atom is -0.225 e. The fourth-order valence-corrected chi connectivity index (χ4v) is 0.757. The van der Waals surface area contributed by atoms with Crippen LogP contribution in [0, 0.1) is 0 Å². The molecule has 0 heterocycles. The van der Waals surface area contributed by atoms with Gasteiger partial charge in [0, 0.05) is 6.54 Å². The van der Waals surface area contributed by atoms with Crippen molar-refractivity contribution >= 4 is 11.7 Å². The van der Waals surface area contributed by atoms with Crippen LogP contribution in [0.5, 0.6) is 0 Å². The minimum absolute atomic E-state index is 0.802. The topological polar surface area (TPSA) is 24.7 Å². The van der Waals surface area contributed by atoms with Crippen LogP contribution in [0.15, 0.2) is 40.3 Å². The van der Waals surface area contributed by atoms with Crippen molar-refractivity contribution in [3.8, 4) is 0 Å². The number of hydrogen-bond acceptors (Lipinski definition) is 2. The normalized spacial score (nSPS) is 8.75. The van der Waals surface area contributed by atoms with Crippen molar-refractivity contribution < 1.29 is 0 Å². The molecule has 1 aromatic rings. The Morgan fingerprint density at radius 2 is 2.00 bits per heavy atom. The Balaban J connectivity index is 2.57. The Morgan fingerprint density at radius 3 is 2.67 bits per heavy atom. The molecule has 0 spiro atoms. The second-order valence-electron chi connectivity index (χ2n) is 2.43. The minimum atomic E-state index is 0.802. The molecule has 2 nitrogen and oxygen atoms in total. The third kappa shape index (κ3) is 3.13. The van der Waals surface area contributed by atoms with Gasteiger partial charge < -0.3 is 0 Å². The molecule has 0 aromatic heterocycles. The Labute approximate surface area is 72.7 Å². The van der Waals surface area contributed by atoms with Crippen molar-refractivity contribution in [3.63, 3.8) is 0 Å². The predicted molar refractivity (Wildman–Crippen MR) is 51.1 cm³/mol. The molecule has 0 bridgehead atoms. The second-order valence-corrected chi connectivity index (χ2v) is 2.43. The monoisotopic (exact) mass is 160 g/mol. The fourth-order valence-electron chi connectivity index (χ4n) is 0.757. The maximum atomic E-state index is 4.03. The summed E-state index contributed by atoms with van der Waals surface area (Å²) in [5.74, 6) is 0. The molecule has 0 saturated carbocycles. The van der Waals surface area contributed by atoms with Gasteiger partial charge in [-0.25, -0.2) is 4.99 Å². The molecule has 0 aliphatic rings. The number of para-hydroxylation sites is 1. The molecule has 0 aliphatic carbocycles. The van der Waals surface area contributed by atoms with E-state index in [0.717, 1.165) is 18.7 Å². The summed E-state index contributed by atoms with van der Waals surface area (Å²) in [6.45, 7) is 2.88. The molecule has 0 N–H and O–H groups in total. The molecule has 2 heteroatoms. The van der Waals surface area contributed by atoms with Crippen LogP contribution in [0.4, 0.5) is 5.69 Å². The lowest BCUT2D eigenvalue weighted by molar-refractivity contribution is 0.937. The number of nitrogens with zero attached hydrogens (tertiary/aromatic N) is 2. The van der Waals surface area contributed by atoms with Crippen LogP contribution in [0.3, 0.4) is 0 Å². The van der Waals surface area contributed by atoms with Crippen molar-refractivity contribution in [2.45, 2.75) is 13.3 Å².